The van der Waals surface area contributed by atoms with Gasteiger partial charge in [0.2, 0.25) is 5.91 Å². The Morgan fingerprint density at radius 2 is 1.85 bits per heavy atom. The van der Waals surface area contributed by atoms with Gasteiger partial charge in [-0.15, -0.1) is 0 Å². The third-order valence-corrected chi connectivity index (χ3v) is 7.07. The highest BCUT2D eigenvalue weighted by Gasteiger charge is 2.32. The number of anilines is 3. The fraction of sp³-hybridized carbons (Fsp3) is 0.444. The van der Waals surface area contributed by atoms with Crippen LogP contribution in [0.15, 0.2) is 42.7 Å². The minimum atomic E-state index is 0.151. The molecule has 0 bridgehead atoms. The molecule has 1 aliphatic heterocycles. The van der Waals surface area contributed by atoms with Crippen molar-refractivity contribution in [1.82, 2.24) is 14.9 Å². The van der Waals surface area contributed by atoms with E-state index < -0.39 is 0 Å². The standard InChI is InChI=1S/C27H33N5O2/c1-18-15-20(30-26-23-16-21(31(2)3)8-9-24(23)28-17-29-26)7-10-25(18)34-22-11-13-32(14-12-22)27(33)19-5-4-6-19/h7-10,15-17,19,22H,4-6,11-14H2,1-3H3,(H,28,29,30). The number of nitrogens with zero attached hydrogens (tertiary/aromatic N) is 4. The van der Waals surface area contributed by atoms with Crippen molar-refractivity contribution < 1.29 is 9.53 Å². The summed E-state index contributed by atoms with van der Waals surface area (Å²) >= 11 is 0. The van der Waals surface area contributed by atoms with Crippen molar-refractivity contribution in [2.24, 2.45) is 5.92 Å². The van der Waals surface area contributed by atoms with Gasteiger partial charge in [0.15, 0.2) is 0 Å². The summed E-state index contributed by atoms with van der Waals surface area (Å²) in [6.45, 7) is 3.67. The van der Waals surface area contributed by atoms with E-state index in [0.29, 0.717) is 5.91 Å². The van der Waals surface area contributed by atoms with Gasteiger partial charge in [-0.1, -0.05) is 6.42 Å². The number of amides is 1. The molecule has 0 atom stereocenters. The van der Waals surface area contributed by atoms with Crippen LogP contribution in [0.1, 0.15) is 37.7 Å². The van der Waals surface area contributed by atoms with Crippen LogP contribution in [-0.4, -0.2) is 54.1 Å². The Balaban J connectivity index is 1.24. The molecule has 0 radical (unpaired) electrons. The number of rotatable bonds is 6. The lowest BCUT2D eigenvalue weighted by Gasteiger charge is -2.36. The highest BCUT2D eigenvalue weighted by atomic mass is 16.5. The van der Waals surface area contributed by atoms with Crippen molar-refractivity contribution in [2.45, 2.75) is 45.1 Å². The third kappa shape index (κ3) is 4.65. The Bertz CT molecular complexity index is 1180. The summed E-state index contributed by atoms with van der Waals surface area (Å²) in [7, 11) is 4.05. The Morgan fingerprint density at radius 3 is 2.53 bits per heavy atom. The first kappa shape index (κ1) is 22.4. The van der Waals surface area contributed by atoms with E-state index in [-0.39, 0.29) is 12.0 Å². The van der Waals surface area contributed by atoms with Crippen LogP contribution >= 0.6 is 0 Å². The quantitative estimate of drug-likeness (QED) is 0.564. The minimum absolute atomic E-state index is 0.151. The summed E-state index contributed by atoms with van der Waals surface area (Å²) in [4.78, 5) is 25.5. The molecule has 2 fully saturated rings. The number of likely N-dealkylation sites (tertiary alicyclic amines) is 1. The van der Waals surface area contributed by atoms with Crippen LogP contribution < -0.4 is 15.0 Å². The van der Waals surface area contributed by atoms with E-state index in [0.717, 1.165) is 78.2 Å². The molecular weight excluding hydrogens is 426 g/mol. The lowest BCUT2D eigenvalue weighted by molar-refractivity contribution is -0.140. The Morgan fingerprint density at radius 1 is 1.06 bits per heavy atom. The van der Waals surface area contributed by atoms with Gasteiger partial charge in [-0.3, -0.25) is 4.79 Å². The molecule has 1 aromatic heterocycles. The summed E-state index contributed by atoms with van der Waals surface area (Å²) in [5, 5.41) is 4.44. The van der Waals surface area contributed by atoms with Gasteiger partial charge in [0.25, 0.3) is 0 Å². The predicted molar refractivity (Wildman–Crippen MR) is 136 cm³/mol. The molecule has 5 rings (SSSR count). The van der Waals surface area contributed by atoms with Crippen molar-refractivity contribution >= 4 is 34.0 Å². The van der Waals surface area contributed by atoms with E-state index in [4.69, 9.17) is 4.74 Å². The normalized spacial score (nSPS) is 16.9. The number of nitrogens with one attached hydrogen (secondary N) is 1. The fourth-order valence-electron chi connectivity index (χ4n) is 4.71. The summed E-state index contributed by atoms with van der Waals surface area (Å²) < 4.78 is 6.34. The SMILES string of the molecule is Cc1cc(Nc2ncnc3ccc(N(C)C)cc23)ccc1OC1CCN(C(=O)C2CCC2)CC1. The molecule has 0 unspecified atom stereocenters. The second kappa shape index (κ2) is 9.49. The first-order valence-electron chi connectivity index (χ1n) is 12.2. The van der Waals surface area contributed by atoms with Gasteiger partial charge < -0.3 is 19.9 Å². The lowest BCUT2D eigenvalue weighted by Crippen LogP contribution is -2.45. The van der Waals surface area contributed by atoms with Gasteiger partial charge in [-0.25, -0.2) is 9.97 Å². The number of aryl methyl sites for hydroxylation is 1. The van der Waals surface area contributed by atoms with Gasteiger partial charge >= 0.3 is 0 Å². The molecule has 0 spiro atoms. The molecule has 1 amide bonds. The second-order valence-electron chi connectivity index (χ2n) is 9.69. The Labute approximate surface area is 201 Å². The lowest BCUT2D eigenvalue weighted by atomic mass is 9.84. The largest absolute Gasteiger partial charge is 0.490 e. The highest BCUT2D eigenvalue weighted by molar-refractivity contribution is 5.93. The van der Waals surface area contributed by atoms with Gasteiger partial charge in [0, 0.05) is 62.7 Å². The van der Waals surface area contributed by atoms with Gasteiger partial charge in [-0.05, 0) is 61.7 Å². The number of aromatic nitrogens is 2. The van der Waals surface area contributed by atoms with Crippen LogP contribution in [0.4, 0.5) is 17.2 Å². The molecule has 2 aromatic carbocycles. The van der Waals surface area contributed by atoms with Gasteiger partial charge in [0.1, 0.15) is 24.0 Å². The number of benzene rings is 2. The second-order valence-corrected chi connectivity index (χ2v) is 9.69. The number of ether oxygens (including phenoxy) is 1. The number of piperidine rings is 1. The molecular formula is C27H33N5O2. The maximum absolute atomic E-state index is 12.5. The van der Waals surface area contributed by atoms with Gasteiger partial charge in [-0.2, -0.15) is 0 Å². The van der Waals surface area contributed by atoms with Crippen molar-refractivity contribution in [3.05, 3.63) is 48.3 Å². The molecule has 7 nitrogen and oxygen atoms in total. The smallest absolute Gasteiger partial charge is 0.225 e. The number of hydrogen-bond acceptors (Lipinski definition) is 6. The summed E-state index contributed by atoms with van der Waals surface area (Å²) in [5.74, 6) is 2.31. The molecule has 1 saturated carbocycles. The predicted octanol–water partition coefficient (Wildman–Crippen LogP) is 4.92. The van der Waals surface area contributed by atoms with E-state index in [1.165, 1.54) is 6.42 Å². The molecule has 178 valence electrons. The summed E-state index contributed by atoms with van der Waals surface area (Å²) in [6.07, 6.45) is 6.85. The highest BCUT2D eigenvalue weighted by Crippen LogP contribution is 2.32. The monoisotopic (exact) mass is 459 g/mol. The number of hydrogen-bond donors (Lipinski definition) is 1. The van der Waals surface area contributed by atoms with E-state index in [1.54, 1.807) is 6.33 Å². The van der Waals surface area contributed by atoms with Crippen LogP contribution in [0.2, 0.25) is 0 Å². The van der Waals surface area contributed by atoms with Crippen LogP contribution in [-0.2, 0) is 4.79 Å². The zero-order valence-electron chi connectivity index (χ0n) is 20.3. The molecule has 34 heavy (non-hydrogen) atoms. The first-order valence-corrected chi connectivity index (χ1v) is 12.2. The summed E-state index contributed by atoms with van der Waals surface area (Å²) in [6, 6.07) is 12.3. The van der Waals surface area contributed by atoms with Crippen LogP contribution in [0.25, 0.3) is 10.9 Å². The average molecular weight is 460 g/mol. The minimum Gasteiger partial charge on any atom is -0.490 e. The number of carbonyl (C=O) groups excluding carboxylic acids is 1. The molecule has 1 saturated heterocycles. The zero-order valence-corrected chi connectivity index (χ0v) is 20.3. The van der Waals surface area contributed by atoms with Gasteiger partial charge in [0.05, 0.1) is 5.52 Å². The van der Waals surface area contributed by atoms with Crippen LogP contribution in [0, 0.1) is 12.8 Å². The first-order chi connectivity index (χ1) is 16.5. The number of fused-ring (bicyclic) bond motifs is 1. The average Bonchev–Trinajstić information content (AvgIpc) is 2.80. The van der Waals surface area contributed by atoms with Crippen molar-refractivity contribution in [1.29, 1.82) is 0 Å². The van der Waals surface area contributed by atoms with Crippen molar-refractivity contribution in [3.63, 3.8) is 0 Å². The maximum Gasteiger partial charge on any atom is 0.225 e. The third-order valence-electron chi connectivity index (χ3n) is 7.07. The Kier molecular flexibility index (Phi) is 6.26. The van der Waals surface area contributed by atoms with E-state index in [9.17, 15) is 4.79 Å². The maximum atomic E-state index is 12.5. The fourth-order valence-corrected chi connectivity index (χ4v) is 4.71. The summed E-state index contributed by atoms with van der Waals surface area (Å²) in [5.41, 5.74) is 4.04. The zero-order chi connectivity index (χ0) is 23.7. The molecule has 2 aliphatic rings. The van der Waals surface area contributed by atoms with Crippen LogP contribution in [0.3, 0.4) is 0 Å². The van der Waals surface area contributed by atoms with Crippen molar-refractivity contribution in [3.8, 4) is 5.75 Å². The van der Waals surface area contributed by atoms with Crippen molar-refractivity contribution in [2.75, 3.05) is 37.4 Å². The molecule has 7 heteroatoms. The molecule has 2 heterocycles. The molecule has 1 N–H and O–H groups in total. The van der Waals surface area contributed by atoms with E-state index >= 15 is 0 Å². The van der Waals surface area contributed by atoms with Crippen LogP contribution in [0.5, 0.6) is 5.75 Å². The van der Waals surface area contributed by atoms with E-state index in [1.807, 2.05) is 37.2 Å². The number of carbonyl (C=O) groups is 1. The molecule has 3 aromatic rings. The topological polar surface area (TPSA) is 70.6 Å². The molecule has 1 aliphatic carbocycles. The Hall–Kier alpha value is -3.35. The van der Waals surface area contributed by atoms with E-state index in [2.05, 4.69) is 45.3 Å².